The first-order valence-electron chi connectivity index (χ1n) is 9.42. The van der Waals surface area contributed by atoms with Crippen LogP contribution in [0.4, 0.5) is 0 Å². The molecule has 3 rings (SSSR count). The van der Waals surface area contributed by atoms with Gasteiger partial charge in [0.15, 0.2) is 0 Å². The summed E-state index contributed by atoms with van der Waals surface area (Å²) in [7, 11) is -0.0111. The van der Waals surface area contributed by atoms with Gasteiger partial charge in [-0.05, 0) is 40.4 Å². The van der Waals surface area contributed by atoms with Crippen molar-refractivity contribution in [1.29, 1.82) is 0 Å². The zero-order valence-corrected chi connectivity index (χ0v) is 18.1. The van der Waals surface area contributed by atoms with Gasteiger partial charge in [-0.25, -0.2) is 4.44 Å². The molecule has 0 aliphatic carbocycles. The first-order chi connectivity index (χ1) is 13.1. The van der Waals surface area contributed by atoms with E-state index < -0.39 is 8.22 Å². The molecule has 140 valence electrons. The highest BCUT2D eigenvalue weighted by Crippen LogP contribution is 2.46. The van der Waals surface area contributed by atoms with Gasteiger partial charge in [-0.3, -0.25) is 5.09 Å². The number of hydrogen-bond donors (Lipinski definition) is 1. The zero-order chi connectivity index (χ0) is 19.1. The van der Waals surface area contributed by atoms with Crippen LogP contribution in [-0.4, -0.2) is 10.5 Å². The minimum atomic E-state index is -0.650. The fraction of sp³-hybridized carbons (Fsp3) is 0.217. The monoisotopic (exact) mass is 394 g/mol. The molecule has 3 unspecified atom stereocenters. The van der Waals surface area contributed by atoms with Crippen LogP contribution in [0.2, 0.25) is 0 Å². The van der Waals surface area contributed by atoms with E-state index in [0.29, 0.717) is 20.8 Å². The van der Waals surface area contributed by atoms with E-state index in [-0.39, 0.29) is 0 Å². The second-order valence-corrected chi connectivity index (χ2v) is 10.3. The maximum absolute atomic E-state index is 3.95. The van der Waals surface area contributed by atoms with E-state index in [4.69, 9.17) is 0 Å². The van der Waals surface area contributed by atoms with E-state index in [2.05, 4.69) is 121 Å². The molecule has 4 heteroatoms. The van der Waals surface area contributed by atoms with Crippen molar-refractivity contribution in [3.63, 3.8) is 0 Å². The molecule has 0 spiro atoms. The van der Waals surface area contributed by atoms with Gasteiger partial charge >= 0.3 is 0 Å². The van der Waals surface area contributed by atoms with Gasteiger partial charge in [0.25, 0.3) is 0 Å². The smallest absolute Gasteiger partial charge is 0.0742 e. The number of hydrogen-bond acceptors (Lipinski definition) is 2. The molecule has 0 radical (unpaired) electrons. The molecule has 0 heterocycles. The molecule has 0 aromatic heterocycles. The fourth-order valence-electron chi connectivity index (χ4n) is 2.89. The highest BCUT2D eigenvalue weighted by atomic mass is 31.2. The number of rotatable bonds is 8. The highest BCUT2D eigenvalue weighted by molar-refractivity contribution is 7.70. The largest absolute Gasteiger partial charge is 0.273 e. The van der Waals surface area contributed by atoms with Gasteiger partial charge in [0.05, 0.1) is 8.22 Å². The maximum atomic E-state index is 3.95. The van der Waals surface area contributed by atoms with Gasteiger partial charge in [-0.2, -0.15) is 0 Å². The van der Waals surface area contributed by atoms with Crippen molar-refractivity contribution < 1.29 is 0 Å². The number of benzene rings is 3. The molecule has 1 N–H and O–H groups in total. The molecule has 0 saturated heterocycles. The van der Waals surface area contributed by atoms with E-state index in [1.165, 1.54) is 16.2 Å². The lowest BCUT2D eigenvalue weighted by atomic mass is 10.1. The Morgan fingerprint density at radius 1 is 0.741 bits per heavy atom. The Morgan fingerprint density at radius 2 is 1.26 bits per heavy atom. The topological polar surface area (TPSA) is 15.3 Å². The van der Waals surface area contributed by atoms with Gasteiger partial charge in [0.2, 0.25) is 0 Å². The molecule has 2 nitrogen and oxygen atoms in total. The first-order valence-corrected chi connectivity index (χ1v) is 11.7. The summed E-state index contributed by atoms with van der Waals surface area (Å²) in [6.07, 6.45) is 0. The third kappa shape index (κ3) is 5.71. The standard InChI is InChI=1S/C23H28N2P2/c1-19(2)25(26-22-15-9-5-10-16-22)27(23-17-11-6-12-18-23)24-20(3)21-13-7-4-8-14-21/h4-20,24,26H,1-3H3. The van der Waals surface area contributed by atoms with E-state index in [9.17, 15) is 0 Å². The number of nitrogens with zero attached hydrogens (tertiary/aromatic N) is 1. The lowest BCUT2D eigenvalue weighted by Crippen LogP contribution is -2.32. The Morgan fingerprint density at radius 3 is 1.81 bits per heavy atom. The van der Waals surface area contributed by atoms with Crippen LogP contribution in [0.25, 0.3) is 0 Å². The lowest BCUT2D eigenvalue weighted by molar-refractivity contribution is 0.569. The fourth-order valence-corrected chi connectivity index (χ4v) is 6.97. The molecule has 3 atom stereocenters. The molecule has 0 saturated carbocycles. The van der Waals surface area contributed by atoms with Crippen LogP contribution < -0.4 is 15.7 Å². The maximum Gasteiger partial charge on any atom is 0.0742 e. The minimum Gasteiger partial charge on any atom is -0.273 e. The SMILES string of the molecule is CC(NP(c1ccccc1)N(Pc1ccccc1)C(C)C)c1ccccc1. The molecule has 0 fully saturated rings. The van der Waals surface area contributed by atoms with Crippen molar-refractivity contribution in [2.45, 2.75) is 32.9 Å². The van der Waals surface area contributed by atoms with Crippen molar-refractivity contribution >= 4 is 27.6 Å². The molecule has 3 aromatic carbocycles. The molecule has 3 aromatic rings. The van der Waals surface area contributed by atoms with Crippen LogP contribution in [0.5, 0.6) is 0 Å². The Hall–Kier alpha value is -1.56. The third-order valence-electron chi connectivity index (χ3n) is 4.34. The van der Waals surface area contributed by atoms with Gasteiger partial charge in [-0.1, -0.05) is 91.0 Å². The van der Waals surface area contributed by atoms with Crippen LogP contribution in [0.3, 0.4) is 0 Å². The summed E-state index contributed by atoms with van der Waals surface area (Å²) < 4.78 is 2.62. The second-order valence-electron chi connectivity index (χ2n) is 6.82. The molecule has 27 heavy (non-hydrogen) atoms. The van der Waals surface area contributed by atoms with Crippen molar-refractivity contribution in [2.75, 3.05) is 0 Å². The van der Waals surface area contributed by atoms with E-state index in [1.807, 2.05) is 0 Å². The molecule has 0 bridgehead atoms. The van der Waals surface area contributed by atoms with Gasteiger partial charge in [-0.15, -0.1) is 0 Å². The molecular weight excluding hydrogens is 366 g/mol. The Bertz CT molecular complexity index is 794. The average Bonchev–Trinajstić information content (AvgIpc) is 2.72. The van der Waals surface area contributed by atoms with Gasteiger partial charge < -0.3 is 0 Å². The van der Waals surface area contributed by atoms with Gasteiger partial charge in [0.1, 0.15) is 0 Å². The van der Waals surface area contributed by atoms with E-state index in [0.717, 1.165) is 0 Å². The van der Waals surface area contributed by atoms with Crippen LogP contribution in [0.15, 0.2) is 91.0 Å². The average molecular weight is 394 g/mol. The summed E-state index contributed by atoms with van der Waals surface area (Å²) in [6.45, 7) is 6.85. The summed E-state index contributed by atoms with van der Waals surface area (Å²) in [5.41, 5.74) is 1.33. The van der Waals surface area contributed by atoms with Crippen LogP contribution in [0.1, 0.15) is 32.4 Å². The third-order valence-corrected chi connectivity index (χ3v) is 8.89. The van der Waals surface area contributed by atoms with E-state index in [1.54, 1.807) is 0 Å². The van der Waals surface area contributed by atoms with Crippen LogP contribution in [0, 0.1) is 0 Å². The second kappa shape index (κ2) is 10.1. The predicted molar refractivity (Wildman–Crippen MR) is 122 cm³/mol. The normalized spacial score (nSPS) is 14.1. The highest BCUT2D eigenvalue weighted by Gasteiger charge is 2.25. The molecule has 0 amide bonds. The summed E-state index contributed by atoms with van der Waals surface area (Å²) in [5.74, 6) is 0. The quantitative estimate of drug-likeness (QED) is 0.500. The summed E-state index contributed by atoms with van der Waals surface area (Å²) in [6, 6.07) is 33.1. The zero-order valence-electron chi connectivity index (χ0n) is 16.2. The Kier molecular flexibility index (Phi) is 7.56. The molecule has 0 aliphatic rings. The minimum absolute atomic E-state index is 0.291. The van der Waals surface area contributed by atoms with Crippen LogP contribution in [-0.2, 0) is 0 Å². The summed E-state index contributed by atoms with van der Waals surface area (Å²) in [5, 5.41) is 6.70. The molecular formula is C23H28N2P2. The van der Waals surface area contributed by atoms with Gasteiger partial charge in [0, 0.05) is 17.4 Å². The summed E-state index contributed by atoms with van der Waals surface area (Å²) >= 11 is 0. The van der Waals surface area contributed by atoms with E-state index >= 15 is 0 Å². The van der Waals surface area contributed by atoms with Crippen molar-refractivity contribution in [3.05, 3.63) is 96.6 Å². The van der Waals surface area contributed by atoms with Crippen molar-refractivity contribution in [1.82, 2.24) is 9.53 Å². The Labute approximate surface area is 166 Å². The predicted octanol–water partition coefficient (Wildman–Crippen LogP) is 5.60. The van der Waals surface area contributed by atoms with Crippen molar-refractivity contribution in [2.24, 2.45) is 0 Å². The number of nitrogens with one attached hydrogen (secondary N) is 1. The molecule has 0 aliphatic heterocycles. The summed E-state index contributed by atoms with van der Waals surface area (Å²) in [4.78, 5) is 0. The van der Waals surface area contributed by atoms with Crippen molar-refractivity contribution in [3.8, 4) is 0 Å². The lowest BCUT2D eigenvalue weighted by Gasteiger charge is -2.37. The first kappa shape index (κ1) is 20.2. The Balaban J connectivity index is 1.90. The van der Waals surface area contributed by atoms with Crippen LogP contribution >= 0.6 is 17.0 Å².